The van der Waals surface area contributed by atoms with Crippen LogP contribution in [0.3, 0.4) is 0 Å². The van der Waals surface area contributed by atoms with E-state index in [2.05, 4.69) is 0 Å². The summed E-state index contributed by atoms with van der Waals surface area (Å²) in [6.07, 6.45) is 5.94. The van der Waals surface area contributed by atoms with Gasteiger partial charge in [0.1, 0.15) is 26.6 Å². The van der Waals surface area contributed by atoms with Crippen molar-refractivity contribution in [2.75, 3.05) is 80.2 Å². The highest BCUT2D eigenvalue weighted by Gasteiger charge is 2.30. The number of carbonyl (C=O) groups is 4. The second kappa shape index (κ2) is 17.1. The standard InChI is InChI=1S/C26H46N4O8/c1-5-37-23(31)17-29(19-35-3)25(33)27-13-9-21(10-14-27)7-8-22-11-15-28(16-12-22)26(34)30(20-36-4)18-24(32)38-6-2/h21-22H,5-20H2,1-4H3. The molecule has 2 fully saturated rings. The van der Waals surface area contributed by atoms with Crippen LogP contribution < -0.4 is 0 Å². The van der Waals surface area contributed by atoms with Crippen molar-refractivity contribution in [3.63, 3.8) is 0 Å². The van der Waals surface area contributed by atoms with Gasteiger partial charge in [-0.15, -0.1) is 0 Å². The van der Waals surface area contributed by atoms with Gasteiger partial charge >= 0.3 is 24.0 Å². The van der Waals surface area contributed by atoms with Crippen LogP contribution in [-0.2, 0) is 28.5 Å². The number of likely N-dealkylation sites (tertiary alicyclic amines) is 2. The lowest BCUT2D eigenvalue weighted by Crippen LogP contribution is -2.49. The molecule has 2 aliphatic rings. The minimum absolute atomic E-state index is 0.0465. The number of methoxy groups -OCH3 is 2. The highest BCUT2D eigenvalue weighted by molar-refractivity contribution is 5.81. The van der Waals surface area contributed by atoms with Crippen molar-refractivity contribution in [3.8, 4) is 0 Å². The zero-order valence-corrected chi connectivity index (χ0v) is 23.5. The Balaban J connectivity index is 1.72. The Bertz CT molecular complexity index is 690. The average molecular weight is 543 g/mol. The molecule has 0 aromatic heterocycles. The number of carbonyl (C=O) groups excluding carboxylic acids is 4. The number of amides is 4. The molecule has 218 valence electrons. The number of piperidine rings is 2. The van der Waals surface area contributed by atoms with Crippen molar-refractivity contribution >= 4 is 24.0 Å². The van der Waals surface area contributed by atoms with E-state index in [4.69, 9.17) is 18.9 Å². The Morgan fingerprint density at radius 3 is 1.29 bits per heavy atom. The van der Waals surface area contributed by atoms with Gasteiger partial charge in [-0.1, -0.05) is 12.8 Å². The van der Waals surface area contributed by atoms with Gasteiger partial charge in [0.2, 0.25) is 0 Å². The summed E-state index contributed by atoms with van der Waals surface area (Å²) in [6.45, 7) is 6.52. The monoisotopic (exact) mass is 542 g/mol. The van der Waals surface area contributed by atoms with Gasteiger partial charge in [-0.3, -0.25) is 19.4 Å². The van der Waals surface area contributed by atoms with E-state index in [0.717, 1.165) is 38.5 Å². The molecule has 12 nitrogen and oxygen atoms in total. The normalized spacial score (nSPS) is 16.7. The number of hydrogen-bond acceptors (Lipinski definition) is 8. The Morgan fingerprint density at radius 2 is 1.00 bits per heavy atom. The first-order chi connectivity index (χ1) is 18.3. The third-order valence-corrected chi connectivity index (χ3v) is 7.11. The molecule has 0 N–H and O–H groups in total. The molecule has 0 aliphatic carbocycles. The molecule has 12 heteroatoms. The number of urea groups is 2. The van der Waals surface area contributed by atoms with Gasteiger partial charge < -0.3 is 28.7 Å². The fourth-order valence-corrected chi connectivity index (χ4v) is 5.07. The minimum Gasteiger partial charge on any atom is -0.465 e. The molecule has 2 heterocycles. The summed E-state index contributed by atoms with van der Waals surface area (Å²) in [5.74, 6) is 0.236. The molecule has 0 atom stereocenters. The molecule has 0 bridgehead atoms. The predicted octanol–water partition coefficient (Wildman–Crippen LogP) is 2.37. The van der Waals surface area contributed by atoms with Crippen molar-refractivity contribution in [1.29, 1.82) is 0 Å². The van der Waals surface area contributed by atoms with E-state index >= 15 is 0 Å². The van der Waals surface area contributed by atoms with E-state index in [9.17, 15) is 19.2 Å². The zero-order chi connectivity index (χ0) is 27.9. The van der Waals surface area contributed by atoms with E-state index in [1.54, 1.807) is 23.6 Å². The highest BCUT2D eigenvalue weighted by Crippen LogP contribution is 2.29. The lowest BCUT2D eigenvalue weighted by molar-refractivity contribution is -0.145. The summed E-state index contributed by atoms with van der Waals surface area (Å²) in [5.41, 5.74) is 0. The highest BCUT2D eigenvalue weighted by atomic mass is 16.5. The quantitative estimate of drug-likeness (QED) is 0.257. The van der Waals surface area contributed by atoms with E-state index in [1.807, 2.05) is 0 Å². The summed E-state index contributed by atoms with van der Waals surface area (Å²) in [7, 11) is 2.99. The minimum atomic E-state index is -0.439. The van der Waals surface area contributed by atoms with Gasteiger partial charge in [-0.2, -0.15) is 0 Å². The molecule has 0 saturated carbocycles. The third kappa shape index (κ3) is 10.3. The van der Waals surface area contributed by atoms with Gasteiger partial charge in [0.25, 0.3) is 0 Å². The predicted molar refractivity (Wildman–Crippen MR) is 139 cm³/mol. The van der Waals surface area contributed by atoms with Crippen molar-refractivity contribution in [2.24, 2.45) is 11.8 Å². The molecule has 4 amide bonds. The van der Waals surface area contributed by atoms with Gasteiger partial charge in [-0.05, 0) is 51.4 Å². The molecule has 0 spiro atoms. The topological polar surface area (TPSA) is 118 Å². The Hall–Kier alpha value is -2.60. The number of hydrogen-bond donors (Lipinski definition) is 0. The Morgan fingerprint density at radius 1 is 0.658 bits per heavy atom. The molecule has 2 rings (SSSR count). The second-order valence-electron chi connectivity index (χ2n) is 9.84. The molecular formula is C26H46N4O8. The van der Waals surface area contributed by atoms with Crippen LogP contribution in [0.15, 0.2) is 0 Å². The van der Waals surface area contributed by atoms with E-state index in [-0.39, 0.29) is 51.8 Å². The number of esters is 2. The van der Waals surface area contributed by atoms with Crippen LogP contribution >= 0.6 is 0 Å². The van der Waals surface area contributed by atoms with E-state index in [1.165, 1.54) is 24.0 Å². The summed E-state index contributed by atoms with van der Waals surface area (Å²) in [5, 5.41) is 0. The molecule has 0 aromatic rings. The van der Waals surface area contributed by atoms with Gasteiger partial charge in [-0.25, -0.2) is 9.59 Å². The molecule has 38 heavy (non-hydrogen) atoms. The fourth-order valence-electron chi connectivity index (χ4n) is 5.07. The summed E-state index contributed by atoms with van der Waals surface area (Å²) in [4.78, 5) is 55.9. The van der Waals surface area contributed by atoms with Crippen LogP contribution in [0.2, 0.25) is 0 Å². The maximum atomic E-state index is 12.9. The lowest BCUT2D eigenvalue weighted by atomic mass is 9.85. The van der Waals surface area contributed by atoms with Gasteiger partial charge in [0.15, 0.2) is 0 Å². The van der Waals surface area contributed by atoms with Crippen molar-refractivity contribution < 1.29 is 38.1 Å². The summed E-state index contributed by atoms with van der Waals surface area (Å²) < 4.78 is 20.2. The van der Waals surface area contributed by atoms with E-state index < -0.39 is 11.9 Å². The van der Waals surface area contributed by atoms with Crippen LogP contribution in [0.5, 0.6) is 0 Å². The zero-order valence-electron chi connectivity index (χ0n) is 23.5. The number of ether oxygens (including phenoxy) is 4. The summed E-state index contributed by atoms with van der Waals surface area (Å²) >= 11 is 0. The molecule has 0 aromatic carbocycles. The van der Waals surface area contributed by atoms with Gasteiger partial charge in [0, 0.05) is 40.4 Å². The van der Waals surface area contributed by atoms with Crippen molar-refractivity contribution in [1.82, 2.24) is 19.6 Å². The number of nitrogens with zero attached hydrogens (tertiary/aromatic N) is 4. The largest absolute Gasteiger partial charge is 0.465 e. The molecule has 2 aliphatic heterocycles. The molecular weight excluding hydrogens is 496 g/mol. The Kier molecular flexibility index (Phi) is 14.2. The molecule has 0 unspecified atom stereocenters. The maximum Gasteiger partial charge on any atom is 0.325 e. The first-order valence-corrected chi connectivity index (χ1v) is 13.7. The lowest BCUT2D eigenvalue weighted by Gasteiger charge is -2.37. The van der Waals surface area contributed by atoms with Crippen molar-refractivity contribution in [3.05, 3.63) is 0 Å². The Labute approximate surface area is 226 Å². The summed E-state index contributed by atoms with van der Waals surface area (Å²) in [6, 6.07) is -0.387. The molecule has 2 saturated heterocycles. The first kappa shape index (κ1) is 31.6. The first-order valence-electron chi connectivity index (χ1n) is 13.7. The average Bonchev–Trinajstić information content (AvgIpc) is 2.91. The van der Waals surface area contributed by atoms with Gasteiger partial charge in [0.05, 0.1) is 13.2 Å². The van der Waals surface area contributed by atoms with Crippen LogP contribution in [0.1, 0.15) is 52.4 Å². The third-order valence-electron chi connectivity index (χ3n) is 7.11. The SMILES string of the molecule is CCOC(=O)CN(COC)C(=O)N1CCC(CCC2CCN(C(=O)N(COC)CC(=O)OCC)CC2)CC1. The fraction of sp³-hybridized carbons (Fsp3) is 0.846. The molecule has 0 radical (unpaired) electrons. The second-order valence-corrected chi connectivity index (χ2v) is 9.84. The van der Waals surface area contributed by atoms with Crippen molar-refractivity contribution in [2.45, 2.75) is 52.4 Å². The van der Waals surface area contributed by atoms with Crippen LogP contribution in [0.25, 0.3) is 0 Å². The van der Waals surface area contributed by atoms with E-state index in [0.29, 0.717) is 38.0 Å². The van der Waals surface area contributed by atoms with Crippen LogP contribution in [-0.4, -0.2) is 124 Å². The van der Waals surface area contributed by atoms with Crippen LogP contribution in [0, 0.1) is 11.8 Å². The smallest absolute Gasteiger partial charge is 0.325 e. The number of rotatable bonds is 13. The van der Waals surface area contributed by atoms with Crippen LogP contribution in [0.4, 0.5) is 9.59 Å². The maximum absolute atomic E-state index is 12.9.